The molecule has 1 saturated heterocycles. The molecule has 0 spiro atoms. The van der Waals surface area contributed by atoms with Gasteiger partial charge < -0.3 is 29.5 Å². The van der Waals surface area contributed by atoms with Gasteiger partial charge in [-0.2, -0.15) is 0 Å². The summed E-state index contributed by atoms with van der Waals surface area (Å²) < 4.78 is 16.3. The summed E-state index contributed by atoms with van der Waals surface area (Å²) in [5.74, 6) is -3.10. The highest BCUT2D eigenvalue weighted by atomic mass is 16.7. The van der Waals surface area contributed by atoms with E-state index in [1.807, 2.05) is 0 Å². The molecule has 0 aromatic heterocycles. The molecule has 3 rings (SSSR count). The van der Waals surface area contributed by atoms with Crippen molar-refractivity contribution in [3.63, 3.8) is 0 Å². The van der Waals surface area contributed by atoms with E-state index in [0.29, 0.717) is 6.42 Å². The van der Waals surface area contributed by atoms with Gasteiger partial charge in [0.2, 0.25) is 0 Å². The third-order valence-corrected chi connectivity index (χ3v) is 5.05. The number of rotatable bonds is 2. The molecule has 0 radical (unpaired) electrons. The second-order valence-electron chi connectivity index (χ2n) is 7.22. The van der Waals surface area contributed by atoms with E-state index in [4.69, 9.17) is 14.2 Å². The van der Waals surface area contributed by atoms with E-state index in [1.165, 1.54) is 19.9 Å². The van der Waals surface area contributed by atoms with Gasteiger partial charge in [0.15, 0.2) is 5.79 Å². The first kappa shape index (κ1) is 18.1. The minimum atomic E-state index is -1.85. The largest absolute Gasteiger partial charge is 0.457 e. The highest BCUT2D eigenvalue weighted by Crippen LogP contribution is 2.49. The number of ether oxygens (including phenoxy) is 3. The van der Waals surface area contributed by atoms with Crippen LogP contribution in [0, 0.1) is 0 Å². The number of carbonyl (C=O) groups is 2. The summed E-state index contributed by atoms with van der Waals surface area (Å²) in [6.07, 6.45) is 0.765. The second-order valence-corrected chi connectivity index (χ2v) is 7.22. The predicted molar refractivity (Wildman–Crippen MR) is 82.8 cm³/mol. The topological polar surface area (TPSA) is 123 Å². The van der Waals surface area contributed by atoms with Crippen molar-refractivity contribution >= 4 is 11.9 Å². The number of hydrogen-bond acceptors (Lipinski definition) is 8. The molecule has 3 aliphatic heterocycles. The van der Waals surface area contributed by atoms with Crippen LogP contribution in [-0.2, 0) is 23.8 Å². The number of fused-ring (bicyclic) bond motifs is 3. The third-order valence-electron chi connectivity index (χ3n) is 5.05. The van der Waals surface area contributed by atoms with Gasteiger partial charge in [-0.05, 0) is 26.3 Å². The molecular formula is C17H22O8. The lowest BCUT2D eigenvalue weighted by Crippen LogP contribution is -2.54. The summed E-state index contributed by atoms with van der Waals surface area (Å²) in [6.45, 7) is 3.67. The van der Waals surface area contributed by atoms with Crippen LogP contribution in [0.3, 0.4) is 0 Å². The molecule has 3 aliphatic rings. The number of esters is 2. The molecule has 0 saturated carbocycles. The minimum absolute atomic E-state index is 0.0401. The Bertz CT molecular complexity index is 691. The normalized spacial score (nSPS) is 40.6. The van der Waals surface area contributed by atoms with Crippen molar-refractivity contribution in [1.82, 2.24) is 0 Å². The zero-order valence-corrected chi connectivity index (χ0v) is 14.4. The first-order valence-corrected chi connectivity index (χ1v) is 8.12. The van der Waals surface area contributed by atoms with E-state index < -0.39 is 41.6 Å². The maximum Gasteiger partial charge on any atom is 0.342 e. The van der Waals surface area contributed by atoms with E-state index >= 15 is 0 Å². The zero-order chi connectivity index (χ0) is 18.6. The summed E-state index contributed by atoms with van der Waals surface area (Å²) in [7, 11) is 0. The van der Waals surface area contributed by atoms with Crippen LogP contribution in [0.15, 0.2) is 23.0 Å². The van der Waals surface area contributed by atoms with E-state index in [1.54, 1.807) is 6.92 Å². The number of aliphatic hydroxyl groups is 3. The molecule has 8 heteroatoms. The Labute approximate surface area is 144 Å². The van der Waals surface area contributed by atoms with Crippen LogP contribution in [0.1, 0.15) is 40.0 Å². The maximum atomic E-state index is 12.1. The van der Waals surface area contributed by atoms with Gasteiger partial charge in [-0.15, -0.1) is 0 Å². The van der Waals surface area contributed by atoms with E-state index in [0.717, 1.165) is 0 Å². The fraction of sp³-hybridized carbons (Fsp3) is 0.647. The van der Waals surface area contributed by atoms with Crippen LogP contribution in [0.4, 0.5) is 0 Å². The van der Waals surface area contributed by atoms with Gasteiger partial charge in [0.25, 0.3) is 0 Å². The van der Waals surface area contributed by atoms with Crippen molar-refractivity contribution in [1.29, 1.82) is 0 Å². The average Bonchev–Trinajstić information content (AvgIpc) is 2.95. The molecule has 1 fully saturated rings. The van der Waals surface area contributed by atoms with E-state index in [9.17, 15) is 24.9 Å². The highest BCUT2D eigenvalue weighted by Gasteiger charge is 2.58. The third kappa shape index (κ3) is 2.89. The Morgan fingerprint density at radius 1 is 1.36 bits per heavy atom. The van der Waals surface area contributed by atoms with Crippen molar-refractivity contribution in [2.45, 2.75) is 63.1 Å². The fourth-order valence-electron chi connectivity index (χ4n) is 3.67. The van der Waals surface area contributed by atoms with Crippen molar-refractivity contribution in [3.05, 3.63) is 23.0 Å². The van der Waals surface area contributed by atoms with Crippen molar-refractivity contribution in [2.24, 2.45) is 0 Å². The molecule has 0 aromatic rings. The molecular weight excluding hydrogens is 332 g/mol. The first-order chi connectivity index (χ1) is 11.5. The lowest BCUT2D eigenvalue weighted by atomic mass is 9.82. The van der Waals surface area contributed by atoms with Crippen molar-refractivity contribution in [3.8, 4) is 0 Å². The summed E-state index contributed by atoms with van der Waals surface area (Å²) in [5, 5.41) is 31.3. The quantitative estimate of drug-likeness (QED) is 0.595. The smallest absolute Gasteiger partial charge is 0.342 e. The molecule has 0 aromatic carbocycles. The monoisotopic (exact) mass is 354 g/mol. The average molecular weight is 354 g/mol. The van der Waals surface area contributed by atoms with Crippen LogP contribution in [0.25, 0.3) is 0 Å². The van der Waals surface area contributed by atoms with E-state index in [2.05, 4.69) is 0 Å². The molecule has 2 bridgehead atoms. The number of hydrogen-bond donors (Lipinski definition) is 3. The van der Waals surface area contributed by atoms with Gasteiger partial charge in [-0.3, -0.25) is 4.79 Å². The van der Waals surface area contributed by atoms with Crippen LogP contribution >= 0.6 is 0 Å². The van der Waals surface area contributed by atoms with Gasteiger partial charge in [0.1, 0.15) is 17.5 Å². The molecule has 25 heavy (non-hydrogen) atoms. The Hall–Kier alpha value is -1.74. The molecule has 4 atom stereocenters. The van der Waals surface area contributed by atoms with Crippen LogP contribution in [-0.4, -0.2) is 57.0 Å². The SMILES string of the molecule is CC(=O)OC1CC(C)(O)C2(O)CCC(C)(C=C3OC(=O)C(CO)=C31)O2. The van der Waals surface area contributed by atoms with Crippen LogP contribution < -0.4 is 0 Å². The summed E-state index contributed by atoms with van der Waals surface area (Å²) in [4.78, 5) is 23.6. The van der Waals surface area contributed by atoms with Gasteiger partial charge >= 0.3 is 11.9 Å². The van der Waals surface area contributed by atoms with Crippen molar-refractivity contribution < 1.29 is 39.1 Å². The first-order valence-electron chi connectivity index (χ1n) is 8.12. The Kier molecular flexibility index (Phi) is 4.07. The van der Waals surface area contributed by atoms with Crippen LogP contribution in [0.5, 0.6) is 0 Å². The number of aliphatic hydroxyl groups excluding tert-OH is 1. The highest BCUT2D eigenvalue weighted by molar-refractivity contribution is 5.95. The lowest BCUT2D eigenvalue weighted by Gasteiger charge is -2.40. The maximum absolute atomic E-state index is 12.1. The zero-order valence-electron chi connectivity index (χ0n) is 14.4. The van der Waals surface area contributed by atoms with Gasteiger partial charge in [0, 0.05) is 25.3 Å². The fourth-order valence-corrected chi connectivity index (χ4v) is 3.67. The Balaban J connectivity index is 2.19. The molecule has 4 unspecified atom stereocenters. The predicted octanol–water partition coefficient (Wildman–Crippen LogP) is 0.0601. The minimum Gasteiger partial charge on any atom is -0.457 e. The van der Waals surface area contributed by atoms with Gasteiger partial charge in [-0.25, -0.2) is 4.79 Å². The molecule has 8 nitrogen and oxygen atoms in total. The lowest BCUT2D eigenvalue weighted by molar-refractivity contribution is -0.298. The summed E-state index contributed by atoms with van der Waals surface area (Å²) >= 11 is 0. The molecule has 138 valence electrons. The second kappa shape index (κ2) is 5.63. The molecule has 3 heterocycles. The molecule has 0 aliphatic carbocycles. The molecule has 0 amide bonds. The van der Waals surface area contributed by atoms with Gasteiger partial charge in [-0.1, -0.05) is 0 Å². The van der Waals surface area contributed by atoms with E-state index in [-0.39, 0.29) is 29.7 Å². The van der Waals surface area contributed by atoms with Gasteiger partial charge in [0.05, 0.1) is 17.8 Å². The molecule has 3 N–H and O–H groups in total. The number of carbonyl (C=O) groups excluding carboxylic acids is 2. The standard InChI is InChI=1S/C17H22O8/c1-9(19)23-12-7-16(3,21)17(22)5-4-15(2,25-17)6-11-13(12)10(8-18)14(20)24-11/h6,12,18,21-22H,4-5,7-8H2,1-3H3. The Morgan fingerprint density at radius 3 is 2.64 bits per heavy atom. The Morgan fingerprint density at radius 2 is 2.04 bits per heavy atom. The van der Waals surface area contributed by atoms with Crippen LogP contribution in [0.2, 0.25) is 0 Å². The van der Waals surface area contributed by atoms with Crippen molar-refractivity contribution in [2.75, 3.05) is 6.61 Å². The summed E-state index contributed by atoms with van der Waals surface area (Å²) in [6, 6.07) is 0. The summed E-state index contributed by atoms with van der Waals surface area (Å²) in [5.41, 5.74) is -2.60.